The van der Waals surface area contributed by atoms with E-state index in [0.29, 0.717) is 13.2 Å². The number of hydrogen-bond acceptors (Lipinski definition) is 6. The minimum absolute atomic E-state index is 0.131. The number of ether oxygens (including phenoxy) is 2. The first-order valence-electron chi connectivity index (χ1n) is 14.9. The third-order valence-corrected chi connectivity index (χ3v) is 7.41. The molecule has 1 aliphatic carbocycles. The van der Waals surface area contributed by atoms with Crippen LogP contribution in [0.15, 0.2) is 70.6 Å². The van der Waals surface area contributed by atoms with Gasteiger partial charge in [-0.3, -0.25) is 9.98 Å². The minimum Gasteiger partial charge on any atom is -0.491 e. The summed E-state index contributed by atoms with van der Waals surface area (Å²) >= 11 is 0. The lowest BCUT2D eigenvalue weighted by molar-refractivity contribution is 0.312. The Labute approximate surface area is 237 Å². The third-order valence-electron chi connectivity index (χ3n) is 7.41. The summed E-state index contributed by atoms with van der Waals surface area (Å²) in [4.78, 5) is 19.7. The Morgan fingerprint density at radius 1 is 0.675 bits per heavy atom. The van der Waals surface area contributed by atoms with E-state index in [9.17, 15) is 0 Å². The first kappa shape index (κ1) is 27.8. The third kappa shape index (κ3) is 7.04. The van der Waals surface area contributed by atoms with Gasteiger partial charge in [0.05, 0.1) is 36.7 Å². The predicted molar refractivity (Wildman–Crippen MR) is 166 cm³/mol. The molecule has 0 aliphatic heterocycles. The van der Waals surface area contributed by atoms with Crippen LogP contribution in [0.4, 0.5) is 0 Å². The van der Waals surface area contributed by atoms with Crippen molar-refractivity contribution in [3.05, 3.63) is 72.1 Å². The fourth-order valence-corrected chi connectivity index (χ4v) is 5.08. The molecule has 6 nitrogen and oxygen atoms in total. The van der Waals surface area contributed by atoms with Crippen molar-refractivity contribution in [3.63, 3.8) is 0 Å². The molecule has 0 amide bonds. The van der Waals surface area contributed by atoms with E-state index >= 15 is 0 Å². The van der Waals surface area contributed by atoms with Crippen molar-refractivity contribution >= 4 is 34.2 Å². The van der Waals surface area contributed by atoms with Crippen molar-refractivity contribution in [1.29, 1.82) is 0 Å². The highest BCUT2D eigenvalue weighted by Crippen LogP contribution is 2.27. The Hall–Kier alpha value is -3.80. The number of aliphatic imine (C=N–C) groups is 2. The average Bonchev–Trinajstić information content (AvgIpc) is 3.00. The fourth-order valence-electron chi connectivity index (χ4n) is 5.08. The van der Waals surface area contributed by atoms with Crippen molar-refractivity contribution in [3.8, 4) is 11.5 Å². The number of nitrogens with zero attached hydrogens (tertiary/aromatic N) is 4. The number of para-hydroxylation sites is 2. The van der Waals surface area contributed by atoms with Crippen LogP contribution >= 0.6 is 0 Å². The van der Waals surface area contributed by atoms with E-state index in [0.717, 1.165) is 83.2 Å². The topological polar surface area (TPSA) is 69.0 Å². The van der Waals surface area contributed by atoms with Crippen LogP contribution in [0.3, 0.4) is 0 Å². The van der Waals surface area contributed by atoms with Gasteiger partial charge in [-0.2, -0.15) is 0 Å². The molecule has 0 saturated heterocycles. The quantitative estimate of drug-likeness (QED) is 0.136. The molecule has 208 valence electrons. The zero-order valence-electron chi connectivity index (χ0n) is 23.8. The van der Waals surface area contributed by atoms with Crippen molar-refractivity contribution in [2.45, 2.75) is 77.3 Å². The second kappa shape index (κ2) is 14.0. The smallest absolute Gasteiger partial charge is 0.145 e. The molecule has 2 aromatic carbocycles. The zero-order chi connectivity index (χ0) is 27.6. The van der Waals surface area contributed by atoms with Crippen molar-refractivity contribution in [2.75, 3.05) is 13.2 Å². The van der Waals surface area contributed by atoms with Gasteiger partial charge in [0, 0.05) is 23.2 Å². The maximum atomic E-state index is 6.02. The van der Waals surface area contributed by atoms with E-state index in [2.05, 4.69) is 38.1 Å². The highest BCUT2D eigenvalue weighted by molar-refractivity contribution is 5.89. The molecule has 1 saturated carbocycles. The Balaban J connectivity index is 1.31. The molecule has 2 heterocycles. The summed E-state index contributed by atoms with van der Waals surface area (Å²) < 4.78 is 12.0. The van der Waals surface area contributed by atoms with E-state index in [4.69, 9.17) is 29.4 Å². The van der Waals surface area contributed by atoms with Crippen LogP contribution in [0.2, 0.25) is 0 Å². The van der Waals surface area contributed by atoms with E-state index in [1.54, 1.807) is 0 Å². The monoisotopic (exact) mass is 536 g/mol. The zero-order valence-corrected chi connectivity index (χ0v) is 23.8. The molecule has 1 aliphatic rings. The van der Waals surface area contributed by atoms with Crippen LogP contribution in [0.5, 0.6) is 11.5 Å². The number of aromatic nitrogens is 2. The van der Waals surface area contributed by atoms with Crippen molar-refractivity contribution in [2.24, 2.45) is 9.98 Å². The molecule has 2 aromatic heterocycles. The molecule has 40 heavy (non-hydrogen) atoms. The molecule has 0 bridgehead atoms. The fraction of sp³-hybridized carbons (Fsp3) is 0.412. The highest BCUT2D eigenvalue weighted by Gasteiger charge is 2.23. The molecule has 1 fully saturated rings. The number of fused-ring (bicyclic) bond motifs is 2. The summed E-state index contributed by atoms with van der Waals surface area (Å²) in [6, 6.07) is 20.7. The number of hydrogen-bond donors (Lipinski definition) is 0. The molecule has 0 radical (unpaired) electrons. The summed E-state index contributed by atoms with van der Waals surface area (Å²) in [7, 11) is 0. The molecule has 5 rings (SSSR count). The van der Waals surface area contributed by atoms with Gasteiger partial charge in [0.15, 0.2) is 0 Å². The maximum Gasteiger partial charge on any atom is 0.145 e. The molecule has 0 N–H and O–H groups in total. The summed E-state index contributed by atoms with van der Waals surface area (Å²) in [5.41, 5.74) is 3.47. The van der Waals surface area contributed by atoms with Crippen LogP contribution in [-0.4, -0.2) is 47.7 Å². The van der Waals surface area contributed by atoms with Crippen LogP contribution in [0.25, 0.3) is 21.8 Å². The summed E-state index contributed by atoms with van der Waals surface area (Å²) in [5, 5.41) is 2.15. The largest absolute Gasteiger partial charge is 0.491 e. The molecular weight excluding hydrogens is 496 g/mol. The van der Waals surface area contributed by atoms with Gasteiger partial charge in [-0.25, -0.2) is 9.97 Å². The Kier molecular flexibility index (Phi) is 9.72. The first-order valence-corrected chi connectivity index (χ1v) is 14.9. The second-order valence-electron chi connectivity index (χ2n) is 10.5. The molecule has 6 heteroatoms. The van der Waals surface area contributed by atoms with Crippen LogP contribution in [0.1, 0.15) is 76.6 Å². The van der Waals surface area contributed by atoms with Crippen molar-refractivity contribution < 1.29 is 9.47 Å². The van der Waals surface area contributed by atoms with E-state index in [-0.39, 0.29) is 12.1 Å². The number of rotatable bonds is 12. The molecule has 0 spiro atoms. The average molecular weight is 537 g/mol. The second-order valence-corrected chi connectivity index (χ2v) is 10.5. The molecule has 2 atom stereocenters. The van der Waals surface area contributed by atoms with Crippen LogP contribution < -0.4 is 9.47 Å². The number of unbranched alkanes of at least 4 members (excludes halogenated alkanes) is 2. The Morgan fingerprint density at radius 3 is 1.60 bits per heavy atom. The predicted octanol–water partition coefficient (Wildman–Crippen LogP) is 7.99. The van der Waals surface area contributed by atoms with Crippen molar-refractivity contribution in [1.82, 2.24) is 9.97 Å². The first-order chi connectivity index (χ1) is 19.7. The lowest BCUT2D eigenvalue weighted by Crippen LogP contribution is -2.27. The lowest BCUT2D eigenvalue weighted by atomic mass is 9.91. The van der Waals surface area contributed by atoms with Gasteiger partial charge in [0.25, 0.3) is 0 Å². The van der Waals surface area contributed by atoms with Crippen LogP contribution in [0, 0.1) is 0 Å². The molecule has 0 unspecified atom stereocenters. The number of benzene rings is 2. The standard InChI is InChI=1S/C34H40N4O2/c1-3-5-21-39-31-15-9-11-25-17-19-27(37-33(25)31)23-35-29-13-7-8-14-30(29)36-24-28-20-18-26-12-10-16-32(34(26)38-28)40-22-6-4-2/h9-12,15-20,23-24,29-30H,3-8,13-14,21-22H2,1-2H3/t29-,30-/m1/s1. The molecule has 4 aromatic rings. The Morgan fingerprint density at radius 2 is 1.15 bits per heavy atom. The summed E-state index contributed by atoms with van der Waals surface area (Å²) in [6.07, 6.45) is 12.5. The SMILES string of the molecule is CCCCOc1cccc2ccc(C=N[C@@H]3CCCC[C@H]3N=Cc3ccc4cccc(OCCCC)c4n3)nc12. The van der Waals surface area contributed by atoms with Gasteiger partial charge in [-0.1, -0.05) is 75.9 Å². The Bertz CT molecular complexity index is 1350. The normalized spacial score (nSPS) is 17.8. The van der Waals surface area contributed by atoms with Gasteiger partial charge in [-0.05, 0) is 49.9 Å². The maximum absolute atomic E-state index is 6.02. The summed E-state index contributed by atoms with van der Waals surface area (Å²) in [6.45, 7) is 5.74. The van der Waals surface area contributed by atoms with Crippen LogP contribution in [-0.2, 0) is 0 Å². The number of pyridine rings is 2. The van der Waals surface area contributed by atoms with E-state index < -0.39 is 0 Å². The lowest BCUT2D eigenvalue weighted by Gasteiger charge is -2.25. The van der Waals surface area contributed by atoms with Gasteiger partial charge >= 0.3 is 0 Å². The van der Waals surface area contributed by atoms with Gasteiger partial charge < -0.3 is 9.47 Å². The van der Waals surface area contributed by atoms with E-state index in [1.165, 1.54) is 12.8 Å². The minimum atomic E-state index is 0.131. The summed E-state index contributed by atoms with van der Waals surface area (Å²) in [5.74, 6) is 1.67. The molecular formula is C34H40N4O2. The van der Waals surface area contributed by atoms with Gasteiger partial charge in [0.2, 0.25) is 0 Å². The van der Waals surface area contributed by atoms with Gasteiger partial charge in [-0.15, -0.1) is 0 Å². The van der Waals surface area contributed by atoms with Gasteiger partial charge in [0.1, 0.15) is 22.5 Å². The van der Waals surface area contributed by atoms with E-state index in [1.807, 2.05) is 48.8 Å². The highest BCUT2D eigenvalue weighted by atomic mass is 16.5.